The van der Waals surface area contributed by atoms with Gasteiger partial charge in [-0.2, -0.15) is 0 Å². The van der Waals surface area contributed by atoms with E-state index in [1.165, 1.54) is 0 Å². The molecule has 0 aromatic carbocycles. The van der Waals surface area contributed by atoms with E-state index in [1.54, 1.807) is 0 Å². The zero-order chi connectivity index (χ0) is 11.4. The summed E-state index contributed by atoms with van der Waals surface area (Å²) in [4.78, 5) is 9.55. The molecule has 0 aliphatic rings. The number of hydrogen-bond acceptors (Lipinski definition) is 4. The van der Waals surface area contributed by atoms with E-state index in [-0.39, 0.29) is 12.2 Å². The van der Waals surface area contributed by atoms with Gasteiger partial charge in [-0.15, -0.1) is 0 Å². The molecular weight excluding hydrogens is 182 g/mol. The fourth-order valence-corrected chi connectivity index (χ4v) is 0.403. The van der Waals surface area contributed by atoms with Crippen molar-refractivity contribution < 1.29 is 14.3 Å². The molecule has 2 unspecified atom stereocenters. The van der Waals surface area contributed by atoms with Gasteiger partial charge in [-0.25, -0.2) is 0 Å². The van der Waals surface area contributed by atoms with E-state index < -0.39 is 0 Å². The molecule has 4 nitrogen and oxygen atoms in total. The first-order chi connectivity index (χ1) is 6.62. The van der Waals surface area contributed by atoms with Crippen molar-refractivity contribution in [2.24, 2.45) is 0 Å². The minimum Gasteiger partial charge on any atom is -0.481 e. The molecule has 0 aromatic heterocycles. The molecule has 4 heteroatoms. The predicted molar refractivity (Wildman–Crippen MR) is 56.5 cm³/mol. The van der Waals surface area contributed by atoms with Gasteiger partial charge in [0.05, 0.1) is 12.2 Å². The fourth-order valence-electron chi connectivity index (χ4n) is 0.403. The Morgan fingerprint density at radius 1 is 1.14 bits per heavy atom. The zero-order valence-electron chi connectivity index (χ0n) is 9.45. The number of carbonyl (C=O) groups is 1. The van der Waals surface area contributed by atoms with Crippen molar-refractivity contribution in [2.45, 2.75) is 52.7 Å². The van der Waals surface area contributed by atoms with Crippen molar-refractivity contribution in [1.29, 1.82) is 5.41 Å². The highest BCUT2D eigenvalue weighted by Crippen LogP contribution is 1.91. The smallest absolute Gasteiger partial charge is 0.293 e. The second kappa shape index (κ2) is 11.9. The Morgan fingerprint density at radius 3 is 1.71 bits per heavy atom. The summed E-state index contributed by atoms with van der Waals surface area (Å²) in [5, 5.41) is 6.49. The molecule has 0 saturated carbocycles. The Bertz CT molecular complexity index is 123. The van der Waals surface area contributed by atoms with Gasteiger partial charge in [-0.05, 0) is 26.7 Å². The Morgan fingerprint density at radius 2 is 1.57 bits per heavy atom. The van der Waals surface area contributed by atoms with E-state index in [1.807, 2.05) is 27.7 Å². The number of hydrogen-bond donors (Lipinski definition) is 1. The SMILES string of the molecule is CCC(C)OC=N.CCC(C)OC=O. The average Bonchev–Trinajstić information content (AvgIpc) is 2.19. The van der Waals surface area contributed by atoms with Crippen LogP contribution in [0.2, 0.25) is 0 Å². The lowest BCUT2D eigenvalue weighted by Crippen LogP contribution is -2.03. The molecule has 2 atom stereocenters. The van der Waals surface area contributed by atoms with Crippen molar-refractivity contribution in [1.82, 2.24) is 0 Å². The third-order valence-corrected chi connectivity index (χ3v) is 1.74. The summed E-state index contributed by atoms with van der Waals surface area (Å²) in [5.41, 5.74) is 0. The predicted octanol–water partition coefficient (Wildman–Crippen LogP) is 2.37. The summed E-state index contributed by atoms with van der Waals surface area (Å²) in [6.07, 6.45) is 3.12. The standard InChI is InChI=1S/C5H11NO.C5H10O2/c2*1-3-5(2)7-4-6/h4-6H,3H2,1-2H3;4-5H,3H2,1-2H3. The van der Waals surface area contributed by atoms with Crippen molar-refractivity contribution in [3.63, 3.8) is 0 Å². The van der Waals surface area contributed by atoms with Crippen LogP contribution in [0.1, 0.15) is 40.5 Å². The van der Waals surface area contributed by atoms with E-state index in [4.69, 9.17) is 10.1 Å². The van der Waals surface area contributed by atoms with Crippen LogP contribution in [-0.2, 0) is 14.3 Å². The normalized spacial score (nSPS) is 12.9. The molecule has 1 N–H and O–H groups in total. The van der Waals surface area contributed by atoms with Crippen LogP contribution >= 0.6 is 0 Å². The van der Waals surface area contributed by atoms with Crippen LogP contribution in [0, 0.1) is 5.41 Å². The summed E-state index contributed by atoms with van der Waals surface area (Å²) in [7, 11) is 0. The Kier molecular flexibility index (Phi) is 13.1. The highest BCUT2D eigenvalue weighted by Gasteiger charge is 1.92. The van der Waals surface area contributed by atoms with Gasteiger partial charge < -0.3 is 9.47 Å². The van der Waals surface area contributed by atoms with Crippen LogP contribution in [0.25, 0.3) is 0 Å². The summed E-state index contributed by atoms with van der Waals surface area (Å²) < 4.78 is 9.24. The molecular formula is C10H21NO3. The molecule has 0 radical (unpaired) electrons. The maximum Gasteiger partial charge on any atom is 0.293 e. The molecule has 0 bridgehead atoms. The first-order valence-electron chi connectivity index (χ1n) is 4.85. The molecule has 0 rings (SSSR count). The number of rotatable bonds is 6. The topological polar surface area (TPSA) is 59.4 Å². The highest BCUT2D eigenvalue weighted by molar-refractivity contribution is 5.41. The molecule has 0 heterocycles. The molecule has 0 amide bonds. The van der Waals surface area contributed by atoms with E-state index in [0.29, 0.717) is 6.47 Å². The van der Waals surface area contributed by atoms with Gasteiger partial charge in [0, 0.05) is 0 Å². The van der Waals surface area contributed by atoms with Crippen molar-refractivity contribution >= 4 is 12.9 Å². The lowest BCUT2D eigenvalue weighted by molar-refractivity contribution is -0.132. The third-order valence-electron chi connectivity index (χ3n) is 1.74. The van der Waals surface area contributed by atoms with Crippen LogP contribution < -0.4 is 0 Å². The summed E-state index contributed by atoms with van der Waals surface area (Å²) in [6, 6.07) is 0. The van der Waals surface area contributed by atoms with Crippen LogP contribution in [0.4, 0.5) is 0 Å². The van der Waals surface area contributed by atoms with Gasteiger partial charge in [-0.3, -0.25) is 10.2 Å². The van der Waals surface area contributed by atoms with E-state index >= 15 is 0 Å². The molecule has 14 heavy (non-hydrogen) atoms. The first-order valence-corrected chi connectivity index (χ1v) is 4.85. The molecule has 0 aliphatic heterocycles. The lowest BCUT2D eigenvalue weighted by Gasteiger charge is -2.03. The molecule has 84 valence electrons. The molecule has 0 spiro atoms. The minimum absolute atomic E-state index is 0.0810. The van der Waals surface area contributed by atoms with E-state index in [2.05, 4.69) is 4.74 Å². The number of carbonyl (C=O) groups excluding carboxylic acids is 1. The average molecular weight is 203 g/mol. The maximum atomic E-state index is 9.55. The second-order valence-electron chi connectivity index (χ2n) is 2.92. The Hall–Kier alpha value is -1.06. The third kappa shape index (κ3) is 13.5. The largest absolute Gasteiger partial charge is 0.481 e. The quantitative estimate of drug-likeness (QED) is 0.409. The molecule has 0 aromatic rings. The van der Waals surface area contributed by atoms with Crippen molar-refractivity contribution in [3.05, 3.63) is 0 Å². The Balaban J connectivity index is 0. The van der Waals surface area contributed by atoms with Gasteiger partial charge in [-0.1, -0.05) is 13.8 Å². The monoisotopic (exact) mass is 203 g/mol. The zero-order valence-corrected chi connectivity index (χ0v) is 9.45. The van der Waals surface area contributed by atoms with Gasteiger partial charge >= 0.3 is 0 Å². The maximum absolute atomic E-state index is 9.55. The van der Waals surface area contributed by atoms with Crippen molar-refractivity contribution in [3.8, 4) is 0 Å². The summed E-state index contributed by atoms with van der Waals surface area (Å²) in [6.45, 7) is 8.26. The van der Waals surface area contributed by atoms with Crippen LogP contribution in [0.5, 0.6) is 0 Å². The van der Waals surface area contributed by atoms with Crippen LogP contribution in [0.15, 0.2) is 0 Å². The Labute approximate surface area is 86.1 Å². The second-order valence-corrected chi connectivity index (χ2v) is 2.92. The van der Waals surface area contributed by atoms with Gasteiger partial charge in [0.25, 0.3) is 6.47 Å². The lowest BCUT2D eigenvalue weighted by atomic mass is 10.3. The van der Waals surface area contributed by atoms with E-state index in [9.17, 15) is 4.79 Å². The van der Waals surface area contributed by atoms with E-state index in [0.717, 1.165) is 19.2 Å². The number of ether oxygens (including phenoxy) is 2. The minimum atomic E-state index is 0.0810. The van der Waals surface area contributed by atoms with Crippen LogP contribution in [0.3, 0.4) is 0 Å². The van der Waals surface area contributed by atoms with Gasteiger partial charge in [0.2, 0.25) is 0 Å². The van der Waals surface area contributed by atoms with Gasteiger partial charge in [0.15, 0.2) is 6.40 Å². The van der Waals surface area contributed by atoms with Crippen LogP contribution in [-0.4, -0.2) is 25.1 Å². The highest BCUT2D eigenvalue weighted by atomic mass is 16.5. The summed E-state index contributed by atoms with van der Waals surface area (Å²) in [5.74, 6) is 0. The van der Waals surface area contributed by atoms with Gasteiger partial charge in [0.1, 0.15) is 0 Å². The number of nitrogens with one attached hydrogen (secondary N) is 1. The summed E-state index contributed by atoms with van der Waals surface area (Å²) >= 11 is 0. The molecule has 0 aliphatic carbocycles. The van der Waals surface area contributed by atoms with Crippen molar-refractivity contribution in [2.75, 3.05) is 0 Å². The molecule has 0 fully saturated rings. The fraction of sp³-hybridized carbons (Fsp3) is 0.800. The first kappa shape index (κ1) is 15.4. The molecule has 0 saturated heterocycles.